The van der Waals surface area contributed by atoms with E-state index < -0.39 is 9.84 Å². The minimum Gasteiger partial charge on any atom is -0.352 e. The zero-order valence-corrected chi connectivity index (χ0v) is 13.6. The molecular formula is C14H21ClN2O3S. The lowest BCUT2D eigenvalue weighted by atomic mass is 10.00. The monoisotopic (exact) mass is 332 g/mol. The third-order valence-corrected chi connectivity index (χ3v) is 4.58. The van der Waals surface area contributed by atoms with E-state index in [2.05, 4.69) is 10.6 Å². The summed E-state index contributed by atoms with van der Waals surface area (Å²) in [5, 5.41) is 6.17. The van der Waals surface area contributed by atoms with Crippen LogP contribution in [0.3, 0.4) is 0 Å². The van der Waals surface area contributed by atoms with Crippen molar-refractivity contribution in [3.63, 3.8) is 0 Å². The van der Waals surface area contributed by atoms with E-state index in [-0.39, 0.29) is 23.2 Å². The molecule has 0 radical (unpaired) electrons. The first-order valence-electron chi connectivity index (χ1n) is 6.76. The van der Waals surface area contributed by atoms with Gasteiger partial charge in [-0.05, 0) is 50.0 Å². The molecule has 1 saturated heterocycles. The van der Waals surface area contributed by atoms with Gasteiger partial charge in [0.1, 0.15) is 0 Å². The maximum absolute atomic E-state index is 12.0. The first-order chi connectivity index (χ1) is 9.47. The Hall–Kier alpha value is -1.11. The molecule has 2 N–H and O–H groups in total. The molecule has 5 nitrogen and oxygen atoms in total. The quantitative estimate of drug-likeness (QED) is 0.870. The predicted octanol–water partition coefficient (Wildman–Crippen LogP) is 1.24. The van der Waals surface area contributed by atoms with Crippen molar-refractivity contribution in [3.8, 4) is 0 Å². The number of halogens is 1. The lowest BCUT2D eigenvalue weighted by Crippen LogP contribution is -2.38. The Kier molecular flexibility index (Phi) is 6.64. The average molecular weight is 333 g/mol. The van der Waals surface area contributed by atoms with Crippen LogP contribution in [-0.2, 0) is 9.84 Å². The molecule has 1 aliphatic rings. The van der Waals surface area contributed by atoms with Gasteiger partial charge < -0.3 is 10.6 Å². The highest BCUT2D eigenvalue weighted by molar-refractivity contribution is 7.90. The molecule has 0 bridgehead atoms. The van der Waals surface area contributed by atoms with Gasteiger partial charge in [0.2, 0.25) is 0 Å². The van der Waals surface area contributed by atoms with Gasteiger partial charge in [0, 0.05) is 18.4 Å². The number of piperidine rings is 1. The fourth-order valence-electron chi connectivity index (χ4n) is 2.31. The molecule has 2 rings (SSSR count). The number of nitrogens with one attached hydrogen (secondary N) is 2. The lowest BCUT2D eigenvalue weighted by Gasteiger charge is -2.22. The number of sulfone groups is 1. The van der Waals surface area contributed by atoms with Crippen molar-refractivity contribution in [1.82, 2.24) is 10.6 Å². The van der Waals surface area contributed by atoms with Crippen LogP contribution < -0.4 is 10.6 Å². The molecule has 21 heavy (non-hydrogen) atoms. The van der Waals surface area contributed by atoms with E-state index in [0.717, 1.165) is 32.2 Å². The maximum Gasteiger partial charge on any atom is 0.251 e. The standard InChI is InChI=1S/C14H20N2O3S.ClH/c1-20(18,19)13-6-2-5-12(8-13)14(17)16-10-11-4-3-7-15-9-11;/h2,5-6,8,11,15H,3-4,7,9-10H2,1H3,(H,16,17);1H. The van der Waals surface area contributed by atoms with E-state index in [4.69, 9.17) is 0 Å². The highest BCUT2D eigenvalue weighted by Gasteiger charge is 2.15. The number of rotatable bonds is 4. The molecular weight excluding hydrogens is 312 g/mol. The van der Waals surface area contributed by atoms with Gasteiger partial charge in [0.05, 0.1) is 4.90 Å². The molecule has 1 unspecified atom stereocenters. The van der Waals surface area contributed by atoms with Crippen LogP contribution in [0, 0.1) is 5.92 Å². The van der Waals surface area contributed by atoms with Crippen LogP contribution in [0.15, 0.2) is 29.2 Å². The summed E-state index contributed by atoms with van der Waals surface area (Å²) in [6.07, 6.45) is 3.37. The fraction of sp³-hybridized carbons (Fsp3) is 0.500. The second-order valence-electron chi connectivity index (χ2n) is 5.22. The molecule has 1 fully saturated rings. The van der Waals surface area contributed by atoms with Crippen molar-refractivity contribution in [2.24, 2.45) is 5.92 Å². The van der Waals surface area contributed by atoms with E-state index >= 15 is 0 Å². The molecule has 1 amide bonds. The van der Waals surface area contributed by atoms with Gasteiger partial charge in [-0.2, -0.15) is 0 Å². The Morgan fingerprint density at radius 1 is 1.43 bits per heavy atom. The Morgan fingerprint density at radius 3 is 2.81 bits per heavy atom. The Balaban J connectivity index is 0.00000220. The molecule has 118 valence electrons. The zero-order chi connectivity index (χ0) is 14.6. The molecule has 1 aromatic carbocycles. The summed E-state index contributed by atoms with van der Waals surface area (Å²) >= 11 is 0. The van der Waals surface area contributed by atoms with Gasteiger partial charge in [-0.15, -0.1) is 12.4 Å². The third-order valence-electron chi connectivity index (χ3n) is 3.47. The number of carbonyl (C=O) groups excluding carboxylic acids is 1. The lowest BCUT2D eigenvalue weighted by molar-refractivity contribution is 0.0944. The summed E-state index contributed by atoms with van der Waals surface area (Å²) in [6, 6.07) is 6.14. The summed E-state index contributed by atoms with van der Waals surface area (Å²) in [6.45, 7) is 2.58. The van der Waals surface area contributed by atoms with Crippen LogP contribution in [0.4, 0.5) is 0 Å². The Labute approximate surface area is 131 Å². The van der Waals surface area contributed by atoms with Crippen LogP contribution >= 0.6 is 12.4 Å². The average Bonchev–Trinajstić information content (AvgIpc) is 2.45. The van der Waals surface area contributed by atoms with Gasteiger partial charge >= 0.3 is 0 Å². The maximum atomic E-state index is 12.0. The molecule has 0 spiro atoms. The van der Waals surface area contributed by atoms with Gasteiger partial charge in [0.15, 0.2) is 9.84 Å². The molecule has 0 saturated carbocycles. The van der Waals surface area contributed by atoms with Crippen LogP contribution in [0.5, 0.6) is 0 Å². The number of benzene rings is 1. The highest BCUT2D eigenvalue weighted by Crippen LogP contribution is 2.12. The van der Waals surface area contributed by atoms with Crippen LogP contribution in [0.1, 0.15) is 23.2 Å². The smallest absolute Gasteiger partial charge is 0.251 e. The van der Waals surface area contributed by atoms with E-state index in [9.17, 15) is 13.2 Å². The van der Waals surface area contributed by atoms with Crippen LogP contribution in [-0.4, -0.2) is 40.2 Å². The number of carbonyl (C=O) groups is 1. The first-order valence-corrected chi connectivity index (χ1v) is 8.65. The molecule has 1 heterocycles. The normalized spacial score (nSPS) is 18.6. The predicted molar refractivity (Wildman–Crippen MR) is 84.7 cm³/mol. The summed E-state index contributed by atoms with van der Waals surface area (Å²) in [5.41, 5.74) is 0.386. The van der Waals surface area contributed by atoms with Gasteiger partial charge in [-0.3, -0.25) is 4.79 Å². The molecule has 1 aromatic rings. The summed E-state index contributed by atoms with van der Waals surface area (Å²) in [7, 11) is -3.28. The van der Waals surface area contributed by atoms with E-state index in [1.165, 1.54) is 12.1 Å². The van der Waals surface area contributed by atoms with Crippen molar-refractivity contribution in [1.29, 1.82) is 0 Å². The second-order valence-corrected chi connectivity index (χ2v) is 7.24. The highest BCUT2D eigenvalue weighted by atomic mass is 35.5. The SMILES string of the molecule is CS(=O)(=O)c1cccc(C(=O)NCC2CCCNC2)c1.Cl. The van der Waals surface area contributed by atoms with E-state index in [1.54, 1.807) is 12.1 Å². The Bertz CT molecular complexity index is 584. The van der Waals surface area contributed by atoms with Crippen molar-refractivity contribution < 1.29 is 13.2 Å². The van der Waals surface area contributed by atoms with Crippen molar-refractivity contribution in [2.45, 2.75) is 17.7 Å². The summed E-state index contributed by atoms with van der Waals surface area (Å²) in [5.74, 6) is 0.229. The van der Waals surface area contributed by atoms with Crippen molar-refractivity contribution >= 4 is 28.2 Å². The van der Waals surface area contributed by atoms with Gasteiger partial charge in [0.25, 0.3) is 5.91 Å². The number of hydrogen-bond acceptors (Lipinski definition) is 4. The third kappa shape index (κ3) is 5.30. The van der Waals surface area contributed by atoms with E-state index in [0.29, 0.717) is 18.0 Å². The molecule has 0 aromatic heterocycles. The van der Waals surface area contributed by atoms with Crippen LogP contribution in [0.25, 0.3) is 0 Å². The second kappa shape index (κ2) is 7.77. The molecule has 1 aliphatic heterocycles. The molecule has 0 aliphatic carbocycles. The fourth-order valence-corrected chi connectivity index (χ4v) is 2.97. The Morgan fingerprint density at radius 2 is 2.19 bits per heavy atom. The van der Waals surface area contributed by atoms with Gasteiger partial charge in [-0.1, -0.05) is 6.07 Å². The zero-order valence-electron chi connectivity index (χ0n) is 12.0. The number of hydrogen-bond donors (Lipinski definition) is 2. The molecule has 1 atom stereocenters. The van der Waals surface area contributed by atoms with E-state index in [1.807, 2.05) is 0 Å². The number of amides is 1. The summed E-state index contributed by atoms with van der Waals surface area (Å²) in [4.78, 5) is 12.2. The minimum absolute atomic E-state index is 0. The van der Waals surface area contributed by atoms with Crippen molar-refractivity contribution in [3.05, 3.63) is 29.8 Å². The molecule has 7 heteroatoms. The summed E-state index contributed by atoms with van der Waals surface area (Å²) < 4.78 is 22.9. The van der Waals surface area contributed by atoms with Crippen molar-refractivity contribution in [2.75, 3.05) is 25.9 Å². The minimum atomic E-state index is -3.28. The van der Waals surface area contributed by atoms with Gasteiger partial charge in [-0.25, -0.2) is 8.42 Å². The topological polar surface area (TPSA) is 75.3 Å². The largest absolute Gasteiger partial charge is 0.352 e. The first kappa shape index (κ1) is 17.9. The van der Waals surface area contributed by atoms with Crippen LogP contribution in [0.2, 0.25) is 0 Å².